The van der Waals surface area contributed by atoms with Crippen molar-refractivity contribution in [1.82, 2.24) is 10.2 Å². The molecule has 9 heteroatoms. The second-order valence-corrected chi connectivity index (χ2v) is 11.7. The number of nitrogens with one attached hydrogen (secondary N) is 1. The summed E-state index contributed by atoms with van der Waals surface area (Å²) in [6.07, 6.45) is 5.51. The lowest BCUT2D eigenvalue weighted by molar-refractivity contribution is -0.140. The molecule has 202 valence electrons. The normalized spacial score (nSPS) is 14.7. The van der Waals surface area contributed by atoms with Crippen LogP contribution in [0.3, 0.4) is 0 Å². The van der Waals surface area contributed by atoms with Gasteiger partial charge in [-0.1, -0.05) is 44.0 Å². The van der Waals surface area contributed by atoms with Crippen molar-refractivity contribution in [3.8, 4) is 5.75 Å². The highest BCUT2D eigenvalue weighted by Gasteiger charge is 2.33. The number of rotatable bonds is 11. The van der Waals surface area contributed by atoms with Crippen LogP contribution in [0.25, 0.3) is 0 Å². The van der Waals surface area contributed by atoms with Gasteiger partial charge in [0.1, 0.15) is 18.3 Å². The van der Waals surface area contributed by atoms with E-state index in [0.717, 1.165) is 52.9 Å². The summed E-state index contributed by atoms with van der Waals surface area (Å²) in [5.41, 5.74) is 2.96. The summed E-state index contributed by atoms with van der Waals surface area (Å²) in [6.45, 7) is 5.35. The molecule has 1 N–H and O–H groups in total. The van der Waals surface area contributed by atoms with Crippen LogP contribution in [0.5, 0.6) is 5.75 Å². The second kappa shape index (κ2) is 12.4. The van der Waals surface area contributed by atoms with Gasteiger partial charge in [-0.2, -0.15) is 0 Å². The summed E-state index contributed by atoms with van der Waals surface area (Å²) >= 11 is 0. The number of carbonyl (C=O) groups excluding carboxylic acids is 2. The third kappa shape index (κ3) is 7.25. The van der Waals surface area contributed by atoms with Gasteiger partial charge >= 0.3 is 0 Å². The number of ether oxygens (including phenoxy) is 1. The highest BCUT2D eigenvalue weighted by Crippen LogP contribution is 2.26. The van der Waals surface area contributed by atoms with Gasteiger partial charge in [-0.25, -0.2) is 8.42 Å². The van der Waals surface area contributed by atoms with Crippen molar-refractivity contribution >= 4 is 27.5 Å². The number of hydrogen-bond acceptors (Lipinski definition) is 5. The van der Waals surface area contributed by atoms with Crippen molar-refractivity contribution in [2.45, 2.75) is 71.5 Å². The average molecular weight is 530 g/mol. The molecule has 2 aromatic rings. The monoisotopic (exact) mass is 529 g/mol. The molecule has 2 aromatic carbocycles. The van der Waals surface area contributed by atoms with Gasteiger partial charge < -0.3 is 15.0 Å². The van der Waals surface area contributed by atoms with Crippen LogP contribution >= 0.6 is 0 Å². The summed E-state index contributed by atoms with van der Waals surface area (Å²) in [7, 11) is -2.21. The maximum Gasteiger partial charge on any atom is 0.244 e. The summed E-state index contributed by atoms with van der Waals surface area (Å²) in [5, 5.41) is 3.12. The first-order valence-corrected chi connectivity index (χ1v) is 14.7. The quantitative estimate of drug-likeness (QED) is 0.476. The van der Waals surface area contributed by atoms with Crippen molar-refractivity contribution in [2.24, 2.45) is 0 Å². The van der Waals surface area contributed by atoms with Crippen molar-refractivity contribution in [1.29, 1.82) is 0 Å². The molecule has 0 spiro atoms. The van der Waals surface area contributed by atoms with Gasteiger partial charge in [-0.3, -0.25) is 13.9 Å². The van der Waals surface area contributed by atoms with Crippen LogP contribution in [0.15, 0.2) is 42.5 Å². The molecule has 2 amide bonds. The van der Waals surface area contributed by atoms with Crippen molar-refractivity contribution in [2.75, 3.05) is 24.2 Å². The number of sulfonamides is 1. The minimum absolute atomic E-state index is 0.109. The fraction of sp³-hybridized carbons (Fsp3) is 0.500. The zero-order valence-corrected chi connectivity index (χ0v) is 23.3. The van der Waals surface area contributed by atoms with Gasteiger partial charge in [0, 0.05) is 12.6 Å². The molecule has 1 saturated carbocycles. The van der Waals surface area contributed by atoms with E-state index in [2.05, 4.69) is 5.32 Å². The summed E-state index contributed by atoms with van der Waals surface area (Å²) in [6, 6.07) is 12.1. The number of aryl methyl sites for hydroxylation is 1. The minimum atomic E-state index is -3.78. The number of nitrogens with zero attached hydrogens (tertiary/aromatic N) is 2. The van der Waals surface area contributed by atoms with E-state index in [4.69, 9.17) is 4.74 Å². The van der Waals surface area contributed by atoms with Crippen molar-refractivity contribution < 1.29 is 22.7 Å². The Morgan fingerprint density at radius 2 is 1.78 bits per heavy atom. The van der Waals surface area contributed by atoms with E-state index in [9.17, 15) is 18.0 Å². The first-order chi connectivity index (χ1) is 17.5. The number of anilines is 1. The molecule has 37 heavy (non-hydrogen) atoms. The first kappa shape index (κ1) is 28.5. The van der Waals surface area contributed by atoms with Gasteiger partial charge in [0.25, 0.3) is 0 Å². The molecule has 0 aliphatic heterocycles. The minimum Gasteiger partial charge on any atom is -0.497 e. The fourth-order valence-electron chi connectivity index (χ4n) is 4.86. The number of methoxy groups -OCH3 is 1. The van der Waals surface area contributed by atoms with Crippen LogP contribution in [-0.4, -0.2) is 57.1 Å². The summed E-state index contributed by atoms with van der Waals surface area (Å²) in [5.74, 6) is -0.00707. The molecule has 0 heterocycles. The zero-order chi connectivity index (χ0) is 27.2. The molecule has 3 rings (SSSR count). The van der Waals surface area contributed by atoms with E-state index in [-0.39, 0.29) is 18.5 Å². The Balaban J connectivity index is 1.96. The molecular weight excluding hydrogens is 490 g/mol. The smallest absolute Gasteiger partial charge is 0.244 e. The van der Waals surface area contributed by atoms with Crippen LogP contribution in [0.1, 0.15) is 55.7 Å². The molecule has 0 unspecified atom stereocenters. The predicted octanol–water partition coefficient (Wildman–Crippen LogP) is 3.94. The standard InChI is InChI=1S/C28H39N3O5S/c1-6-25(28(33)29-23-13-7-8-14-23)30(18-22-12-10-15-24(17-22)36-4)27(32)19-31(37(5,34)35)26-16-9-11-20(2)21(26)3/h9-12,15-17,23,25H,6-8,13-14,18-19H2,1-5H3,(H,29,33)/t25-/m0/s1. The zero-order valence-electron chi connectivity index (χ0n) is 22.5. The lowest BCUT2D eigenvalue weighted by Gasteiger charge is -2.34. The lowest BCUT2D eigenvalue weighted by atomic mass is 10.1. The molecule has 0 radical (unpaired) electrons. The van der Waals surface area contributed by atoms with Gasteiger partial charge in [-0.05, 0) is 68.0 Å². The fourth-order valence-corrected chi connectivity index (χ4v) is 5.76. The van der Waals surface area contributed by atoms with Gasteiger partial charge in [0.2, 0.25) is 21.8 Å². The number of hydrogen-bond donors (Lipinski definition) is 1. The van der Waals surface area contributed by atoms with E-state index < -0.39 is 28.5 Å². The lowest BCUT2D eigenvalue weighted by Crippen LogP contribution is -2.53. The van der Waals surface area contributed by atoms with Gasteiger partial charge in [-0.15, -0.1) is 0 Å². The Kier molecular flexibility index (Phi) is 9.59. The van der Waals surface area contributed by atoms with Crippen LogP contribution in [0.4, 0.5) is 5.69 Å². The molecule has 1 aliphatic carbocycles. The maximum atomic E-state index is 13.9. The van der Waals surface area contributed by atoms with Crippen LogP contribution in [-0.2, 0) is 26.2 Å². The SMILES string of the molecule is CC[C@@H](C(=O)NC1CCCC1)N(Cc1cccc(OC)c1)C(=O)CN(c1cccc(C)c1C)S(C)(=O)=O. The summed E-state index contributed by atoms with van der Waals surface area (Å²) < 4.78 is 32.2. The Hall–Kier alpha value is -3.07. The molecule has 1 aliphatic rings. The Labute approximate surface area is 221 Å². The van der Waals surface area contributed by atoms with Gasteiger partial charge in [0.05, 0.1) is 19.1 Å². The maximum absolute atomic E-state index is 13.9. The van der Waals surface area contributed by atoms with Crippen molar-refractivity contribution in [3.63, 3.8) is 0 Å². The molecule has 1 atom stereocenters. The molecule has 1 fully saturated rings. The molecule has 8 nitrogen and oxygen atoms in total. The summed E-state index contributed by atoms with van der Waals surface area (Å²) in [4.78, 5) is 28.8. The highest BCUT2D eigenvalue weighted by atomic mass is 32.2. The van der Waals surface area contributed by atoms with Crippen molar-refractivity contribution in [3.05, 3.63) is 59.2 Å². The topological polar surface area (TPSA) is 96.0 Å². The van der Waals surface area contributed by atoms with Crippen LogP contribution in [0.2, 0.25) is 0 Å². The van der Waals surface area contributed by atoms with Crippen LogP contribution in [0, 0.1) is 13.8 Å². The average Bonchev–Trinajstić information content (AvgIpc) is 3.36. The van der Waals surface area contributed by atoms with Crippen LogP contribution < -0.4 is 14.4 Å². The highest BCUT2D eigenvalue weighted by molar-refractivity contribution is 7.92. The molecule has 0 saturated heterocycles. The van der Waals surface area contributed by atoms with Gasteiger partial charge in [0.15, 0.2) is 0 Å². The van der Waals surface area contributed by atoms with E-state index in [1.165, 1.54) is 4.90 Å². The Bertz CT molecular complexity index is 1210. The van der Waals surface area contributed by atoms with E-state index in [0.29, 0.717) is 17.9 Å². The number of benzene rings is 2. The molecular formula is C28H39N3O5S. The number of carbonyl (C=O) groups is 2. The van der Waals surface area contributed by atoms with E-state index >= 15 is 0 Å². The third-order valence-electron chi connectivity index (χ3n) is 7.10. The number of amides is 2. The largest absolute Gasteiger partial charge is 0.497 e. The molecule has 0 aromatic heterocycles. The van der Waals surface area contributed by atoms with E-state index in [1.54, 1.807) is 19.2 Å². The predicted molar refractivity (Wildman–Crippen MR) is 146 cm³/mol. The second-order valence-electron chi connectivity index (χ2n) is 9.78. The Morgan fingerprint density at radius 1 is 1.11 bits per heavy atom. The first-order valence-electron chi connectivity index (χ1n) is 12.8. The molecule has 0 bridgehead atoms. The third-order valence-corrected chi connectivity index (χ3v) is 8.22. The Morgan fingerprint density at radius 3 is 2.41 bits per heavy atom. The van der Waals surface area contributed by atoms with E-state index in [1.807, 2.05) is 51.1 Å².